The summed E-state index contributed by atoms with van der Waals surface area (Å²) in [6.45, 7) is 42.6. The van der Waals surface area contributed by atoms with Crippen LogP contribution in [0.3, 0.4) is 0 Å². The average molecular weight is 907 g/mol. The van der Waals surface area contributed by atoms with Gasteiger partial charge >= 0.3 is 0 Å². The summed E-state index contributed by atoms with van der Waals surface area (Å²) in [5.41, 5.74) is 16.1. The lowest BCUT2D eigenvalue weighted by Crippen LogP contribution is -2.31. The lowest BCUT2D eigenvalue weighted by atomic mass is 9.76. The van der Waals surface area contributed by atoms with Gasteiger partial charge in [0.15, 0.2) is 0 Å². The topological polar surface area (TPSA) is 33.5 Å². The maximum atomic E-state index is 7.07. The third kappa shape index (κ3) is 9.35. The number of nitrogens with zero attached hydrogens (tertiary/aromatic N) is 4. The van der Waals surface area contributed by atoms with Gasteiger partial charge in [0, 0.05) is 62.7 Å². The SMILES string of the molecule is CCc1cc(C(C)C)c(-c2cccc(N3CN(c4cc(Oc5ccc6c7ccccc7n(-c7cc(C(C)(C)C)ccn7)c6c5)cc(C(C)(C)C)c4)C(C(C)(C)C)=C3C(C)(C)C)c2)c(C(C)(C)C)c1. The number of fused-ring (bicyclic) bond motifs is 3. The minimum atomic E-state index is -0.176. The van der Waals surface area contributed by atoms with E-state index in [0.29, 0.717) is 12.6 Å². The van der Waals surface area contributed by atoms with E-state index in [9.17, 15) is 0 Å². The molecule has 1 aliphatic heterocycles. The molecular weight excluding hydrogens is 829 g/mol. The smallest absolute Gasteiger partial charge is 0.137 e. The summed E-state index contributed by atoms with van der Waals surface area (Å²) >= 11 is 0. The van der Waals surface area contributed by atoms with E-state index in [2.05, 4.69) is 248 Å². The molecule has 5 aromatic carbocycles. The van der Waals surface area contributed by atoms with Gasteiger partial charge in [-0.05, 0) is 122 Å². The van der Waals surface area contributed by atoms with Crippen LogP contribution in [0.2, 0.25) is 0 Å². The maximum absolute atomic E-state index is 7.07. The fourth-order valence-corrected chi connectivity index (χ4v) is 10.2. The highest BCUT2D eigenvalue weighted by Crippen LogP contribution is 2.50. The molecule has 5 nitrogen and oxygen atoms in total. The van der Waals surface area contributed by atoms with Crippen molar-refractivity contribution in [2.75, 3.05) is 16.5 Å². The van der Waals surface area contributed by atoms with Crippen LogP contribution in [-0.4, -0.2) is 16.2 Å². The molecule has 5 heteroatoms. The molecule has 356 valence electrons. The Morgan fingerprint density at radius 1 is 0.544 bits per heavy atom. The molecule has 68 heavy (non-hydrogen) atoms. The molecule has 0 aliphatic carbocycles. The van der Waals surface area contributed by atoms with Crippen LogP contribution in [-0.2, 0) is 22.7 Å². The van der Waals surface area contributed by atoms with Crippen LogP contribution >= 0.6 is 0 Å². The lowest BCUT2D eigenvalue weighted by Gasteiger charge is -2.34. The van der Waals surface area contributed by atoms with Gasteiger partial charge in [-0.25, -0.2) is 4.98 Å². The first-order valence-corrected chi connectivity index (χ1v) is 25.1. The summed E-state index contributed by atoms with van der Waals surface area (Å²) < 4.78 is 9.37. The second-order valence-electron chi connectivity index (χ2n) is 24.9. The van der Waals surface area contributed by atoms with Gasteiger partial charge in [0.05, 0.1) is 17.7 Å². The van der Waals surface area contributed by atoms with Gasteiger partial charge in [0.2, 0.25) is 0 Å². The Labute approximate surface area is 409 Å². The molecule has 0 amide bonds. The molecule has 0 bridgehead atoms. The van der Waals surface area contributed by atoms with Crippen LogP contribution in [0.4, 0.5) is 11.4 Å². The molecule has 2 aromatic heterocycles. The molecule has 0 spiro atoms. The lowest BCUT2D eigenvalue weighted by molar-refractivity contribution is 0.444. The van der Waals surface area contributed by atoms with Crippen molar-refractivity contribution in [3.63, 3.8) is 0 Å². The predicted molar refractivity (Wildman–Crippen MR) is 292 cm³/mol. The van der Waals surface area contributed by atoms with Crippen LogP contribution in [0.1, 0.15) is 158 Å². The molecule has 1 aliphatic rings. The summed E-state index contributed by atoms with van der Waals surface area (Å²) in [5.74, 6) is 2.90. The van der Waals surface area contributed by atoms with Crippen LogP contribution < -0.4 is 14.5 Å². The first-order valence-electron chi connectivity index (χ1n) is 25.1. The van der Waals surface area contributed by atoms with Crippen LogP contribution in [0.15, 0.2) is 127 Å². The number of aryl methyl sites for hydroxylation is 1. The molecule has 0 atom stereocenters. The zero-order chi connectivity index (χ0) is 49.5. The Morgan fingerprint density at radius 3 is 1.81 bits per heavy atom. The molecule has 0 saturated carbocycles. The minimum absolute atomic E-state index is 0.0126. The Kier molecular flexibility index (Phi) is 12.4. The van der Waals surface area contributed by atoms with Gasteiger partial charge in [0.1, 0.15) is 17.3 Å². The van der Waals surface area contributed by atoms with Crippen molar-refractivity contribution in [2.24, 2.45) is 10.8 Å². The van der Waals surface area contributed by atoms with E-state index in [1.165, 1.54) is 66.8 Å². The van der Waals surface area contributed by atoms with E-state index in [0.717, 1.165) is 40.5 Å². The van der Waals surface area contributed by atoms with Gasteiger partial charge in [-0.1, -0.05) is 167 Å². The first kappa shape index (κ1) is 48.6. The van der Waals surface area contributed by atoms with E-state index in [1.54, 1.807) is 0 Å². The van der Waals surface area contributed by atoms with Gasteiger partial charge in [-0.3, -0.25) is 4.57 Å². The zero-order valence-electron chi connectivity index (χ0n) is 44.7. The number of hydrogen-bond acceptors (Lipinski definition) is 4. The van der Waals surface area contributed by atoms with Gasteiger partial charge in [-0.15, -0.1) is 0 Å². The number of ether oxygens (including phenoxy) is 1. The summed E-state index contributed by atoms with van der Waals surface area (Å²) in [6, 6.07) is 40.7. The van der Waals surface area contributed by atoms with Gasteiger partial charge in [-0.2, -0.15) is 0 Å². The number of hydrogen-bond donors (Lipinski definition) is 0. The third-order valence-corrected chi connectivity index (χ3v) is 13.8. The van der Waals surface area contributed by atoms with Gasteiger partial charge < -0.3 is 14.5 Å². The van der Waals surface area contributed by atoms with E-state index in [4.69, 9.17) is 9.72 Å². The van der Waals surface area contributed by atoms with Crippen molar-refractivity contribution in [3.8, 4) is 28.4 Å². The highest BCUT2D eigenvalue weighted by Gasteiger charge is 2.42. The number of rotatable bonds is 8. The number of benzene rings is 5. The molecule has 0 N–H and O–H groups in total. The largest absolute Gasteiger partial charge is 0.457 e. The van der Waals surface area contributed by atoms with Crippen molar-refractivity contribution < 1.29 is 4.74 Å². The fraction of sp³-hybridized carbons (Fsp3) is 0.413. The quantitative estimate of drug-likeness (QED) is 0.152. The third-order valence-electron chi connectivity index (χ3n) is 13.8. The average Bonchev–Trinajstić information content (AvgIpc) is 3.83. The monoisotopic (exact) mass is 907 g/mol. The molecule has 3 heterocycles. The van der Waals surface area contributed by atoms with Crippen molar-refractivity contribution in [2.45, 2.75) is 153 Å². The summed E-state index contributed by atoms with van der Waals surface area (Å²) in [4.78, 5) is 10.1. The van der Waals surface area contributed by atoms with E-state index >= 15 is 0 Å². The Hall–Kier alpha value is -5.81. The Morgan fingerprint density at radius 2 is 1.19 bits per heavy atom. The van der Waals surface area contributed by atoms with Crippen LogP contribution in [0.25, 0.3) is 38.8 Å². The first-order chi connectivity index (χ1) is 31.6. The molecule has 0 radical (unpaired) electrons. The fourth-order valence-electron chi connectivity index (χ4n) is 10.2. The van der Waals surface area contributed by atoms with Crippen LogP contribution in [0.5, 0.6) is 11.5 Å². The summed E-state index contributed by atoms with van der Waals surface area (Å²) in [6.07, 6.45) is 2.96. The zero-order valence-corrected chi connectivity index (χ0v) is 44.7. The molecule has 8 rings (SSSR count). The number of pyridine rings is 1. The highest BCUT2D eigenvalue weighted by atomic mass is 16.5. The number of aromatic nitrogens is 2. The minimum Gasteiger partial charge on any atom is -0.457 e. The number of anilines is 2. The van der Waals surface area contributed by atoms with E-state index < -0.39 is 0 Å². The maximum Gasteiger partial charge on any atom is 0.137 e. The summed E-state index contributed by atoms with van der Waals surface area (Å²) in [7, 11) is 0. The van der Waals surface area contributed by atoms with E-state index in [-0.39, 0.29) is 27.1 Å². The second kappa shape index (κ2) is 17.3. The normalized spacial score (nSPS) is 14.3. The second-order valence-corrected chi connectivity index (χ2v) is 24.9. The Bertz CT molecular complexity index is 3050. The van der Waals surface area contributed by atoms with Crippen molar-refractivity contribution in [3.05, 3.63) is 155 Å². The molecular formula is C63H78N4O. The molecule has 7 aromatic rings. The molecule has 0 saturated heterocycles. The molecule has 0 unspecified atom stereocenters. The highest BCUT2D eigenvalue weighted by molar-refractivity contribution is 6.09. The van der Waals surface area contributed by atoms with Crippen molar-refractivity contribution in [1.29, 1.82) is 0 Å². The number of allylic oxidation sites excluding steroid dienone is 2. The standard InChI is InChI=1S/C63H78N4O/c1-19-41-31-51(40(2)3)56(52(32-41)61(10,11)12)42-23-22-24-45(33-42)65-39-66(58(63(16,17)18)57(65)62(13,14)15)46-34-44(60(7,8)9)35-48(37-46)68-47-27-28-50-49-25-20-21-26-53(49)67(54(50)38-47)55-36-43(29-30-64-55)59(4,5)6/h20-38,40H,19,39H2,1-18H3. The van der Waals surface area contributed by atoms with Crippen LogP contribution in [0, 0.1) is 10.8 Å². The molecule has 0 fully saturated rings. The Balaban J connectivity index is 1.26. The van der Waals surface area contributed by atoms with Crippen molar-refractivity contribution in [1.82, 2.24) is 9.55 Å². The predicted octanol–water partition coefficient (Wildman–Crippen LogP) is 17.8. The van der Waals surface area contributed by atoms with Gasteiger partial charge in [0.25, 0.3) is 0 Å². The van der Waals surface area contributed by atoms with Crippen molar-refractivity contribution >= 4 is 33.2 Å². The number of para-hydroxylation sites is 1. The van der Waals surface area contributed by atoms with E-state index in [1.807, 2.05) is 6.20 Å². The summed E-state index contributed by atoms with van der Waals surface area (Å²) in [5, 5.41) is 2.36.